The minimum atomic E-state index is 0.160. The summed E-state index contributed by atoms with van der Waals surface area (Å²) in [6.45, 7) is 4.58. The zero-order chi connectivity index (χ0) is 11.3. The van der Waals surface area contributed by atoms with Crippen LogP contribution in [-0.2, 0) is 4.74 Å². The van der Waals surface area contributed by atoms with E-state index in [1.165, 1.54) is 0 Å². The quantitative estimate of drug-likeness (QED) is 0.624. The molecule has 0 unspecified atom stereocenters. The van der Waals surface area contributed by atoms with Crippen LogP contribution in [0.1, 0.15) is 18.1 Å². The monoisotopic (exact) mass is 269 g/mol. The highest BCUT2D eigenvalue weighted by atomic mass is 79.9. The Bertz CT molecular complexity index is 385. The fraction of sp³-hybridized carbons (Fsp3) is 0.364. The van der Waals surface area contributed by atoms with Crippen molar-refractivity contribution >= 4 is 15.9 Å². The molecule has 0 aliphatic heterocycles. The lowest BCUT2D eigenvalue weighted by molar-refractivity contribution is 0.0217. The molecule has 3 nitrogen and oxygen atoms in total. The van der Waals surface area contributed by atoms with E-state index in [9.17, 15) is 0 Å². The smallest absolute Gasteiger partial charge is 0.189 e. The number of halogens is 1. The maximum atomic E-state index is 8.90. The zero-order valence-corrected chi connectivity index (χ0v) is 10.3. The Balaban J connectivity index is 2.93. The summed E-state index contributed by atoms with van der Waals surface area (Å²) in [5.41, 5.74) is 1.53. The molecule has 0 aliphatic carbocycles. The first-order chi connectivity index (χ1) is 7.20. The lowest BCUT2D eigenvalue weighted by Crippen LogP contribution is -2.04. The molecule has 0 aromatic heterocycles. The number of hydrogen-bond acceptors (Lipinski definition) is 3. The summed E-state index contributed by atoms with van der Waals surface area (Å²) in [6.07, 6.45) is 0. The van der Waals surface area contributed by atoms with E-state index in [4.69, 9.17) is 14.7 Å². The second-order valence-electron chi connectivity index (χ2n) is 2.94. The molecule has 15 heavy (non-hydrogen) atoms. The second-order valence-corrected chi connectivity index (χ2v) is 3.73. The van der Waals surface area contributed by atoms with Crippen molar-refractivity contribution in [3.63, 3.8) is 0 Å². The van der Waals surface area contributed by atoms with Gasteiger partial charge in [-0.25, -0.2) is 0 Å². The van der Waals surface area contributed by atoms with Crippen molar-refractivity contribution in [3.8, 4) is 11.8 Å². The van der Waals surface area contributed by atoms with Gasteiger partial charge in [-0.2, -0.15) is 5.26 Å². The number of rotatable bonds is 4. The molecule has 4 heteroatoms. The van der Waals surface area contributed by atoms with Crippen molar-refractivity contribution in [2.24, 2.45) is 0 Å². The van der Waals surface area contributed by atoms with Crippen LogP contribution in [0.5, 0.6) is 5.75 Å². The second kappa shape index (κ2) is 5.74. The first kappa shape index (κ1) is 12.0. The van der Waals surface area contributed by atoms with Gasteiger partial charge >= 0.3 is 0 Å². The Morgan fingerprint density at radius 2 is 2.20 bits per heavy atom. The number of ether oxygens (including phenoxy) is 2. The molecule has 80 valence electrons. The third kappa shape index (κ3) is 2.95. The van der Waals surface area contributed by atoms with Crippen LogP contribution in [0.3, 0.4) is 0 Å². The zero-order valence-electron chi connectivity index (χ0n) is 8.71. The molecule has 0 fully saturated rings. The van der Waals surface area contributed by atoms with Crippen molar-refractivity contribution in [2.45, 2.75) is 13.8 Å². The van der Waals surface area contributed by atoms with Crippen molar-refractivity contribution in [2.75, 3.05) is 13.4 Å². The van der Waals surface area contributed by atoms with Gasteiger partial charge in [0.25, 0.3) is 0 Å². The van der Waals surface area contributed by atoms with E-state index >= 15 is 0 Å². The standard InChI is InChI=1S/C11H12BrNO2/c1-3-14-7-15-11-9(6-13)5-4-8(2)10(11)12/h4-5H,3,7H2,1-2H3. The number of nitrogens with zero attached hydrogens (tertiary/aromatic N) is 1. The molecule has 1 aromatic carbocycles. The number of benzene rings is 1. The van der Waals surface area contributed by atoms with Crippen LogP contribution < -0.4 is 4.74 Å². The Kier molecular flexibility index (Phi) is 4.60. The van der Waals surface area contributed by atoms with E-state index in [1.54, 1.807) is 6.07 Å². The summed E-state index contributed by atoms with van der Waals surface area (Å²) in [5.74, 6) is 0.547. The van der Waals surface area contributed by atoms with Crippen LogP contribution in [0, 0.1) is 18.3 Å². The van der Waals surface area contributed by atoms with Gasteiger partial charge in [0.2, 0.25) is 0 Å². The normalized spacial score (nSPS) is 9.73. The summed E-state index contributed by atoms with van der Waals surface area (Å²) in [4.78, 5) is 0. The third-order valence-electron chi connectivity index (χ3n) is 1.90. The lowest BCUT2D eigenvalue weighted by atomic mass is 10.1. The SMILES string of the molecule is CCOCOc1c(C#N)ccc(C)c1Br. The average molecular weight is 270 g/mol. The minimum absolute atomic E-state index is 0.160. The van der Waals surface area contributed by atoms with Gasteiger partial charge in [-0.05, 0) is 41.4 Å². The number of aryl methyl sites for hydroxylation is 1. The van der Waals surface area contributed by atoms with Gasteiger partial charge in [0.05, 0.1) is 10.0 Å². The highest BCUT2D eigenvalue weighted by molar-refractivity contribution is 9.10. The molecule has 1 rings (SSSR count). The van der Waals surface area contributed by atoms with Crippen LogP contribution in [0.25, 0.3) is 0 Å². The molecular weight excluding hydrogens is 258 g/mol. The van der Waals surface area contributed by atoms with Crippen LogP contribution in [0.4, 0.5) is 0 Å². The van der Waals surface area contributed by atoms with Crippen LogP contribution >= 0.6 is 15.9 Å². The number of hydrogen-bond donors (Lipinski definition) is 0. The summed E-state index contributed by atoms with van der Waals surface area (Å²) in [6, 6.07) is 5.69. The summed E-state index contributed by atoms with van der Waals surface area (Å²) < 4.78 is 11.3. The van der Waals surface area contributed by atoms with Crippen LogP contribution in [0.2, 0.25) is 0 Å². The molecule has 0 N–H and O–H groups in total. The average Bonchev–Trinajstić information content (AvgIpc) is 2.25. The molecule has 0 saturated heterocycles. The fourth-order valence-electron chi connectivity index (χ4n) is 1.07. The van der Waals surface area contributed by atoms with E-state index in [1.807, 2.05) is 19.9 Å². The Hall–Kier alpha value is -1.05. The Morgan fingerprint density at radius 1 is 1.47 bits per heavy atom. The Labute approximate surface area is 97.7 Å². The van der Waals surface area contributed by atoms with Crippen molar-refractivity contribution in [3.05, 3.63) is 27.7 Å². The van der Waals surface area contributed by atoms with E-state index in [-0.39, 0.29) is 6.79 Å². The summed E-state index contributed by atoms with van der Waals surface area (Å²) in [7, 11) is 0. The minimum Gasteiger partial charge on any atom is -0.465 e. The molecule has 0 amide bonds. The van der Waals surface area contributed by atoms with Gasteiger partial charge in [-0.1, -0.05) is 6.07 Å². The predicted octanol–water partition coefficient (Wildman–Crippen LogP) is 3.00. The molecule has 0 bridgehead atoms. The predicted molar refractivity (Wildman–Crippen MR) is 60.7 cm³/mol. The third-order valence-corrected chi connectivity index (χ3v) is 2.89. The number of nitriles is 1. The van der Waals surface area contributed by atoms with Gasteiger partial charge < -0.3 is 9.47 Å². The van der Waals surface area contributed by atoms with Crippen molar-refractivity contribution < 1.29 is 9.47 Å². The molecule has 0 aliphatic rings. The maximum Gasteiger partial charge on any atom is 0.189 e. The van der Waals surface area contributed by atoms with E-state index in [2.05, 4.69) is 22.0 Å². The molecule has 0 saturated carbocycles. The highest BCUT2D eigenvalue weighted by Crippen LogP contribution is 2.31. The maximum absolute atomic E-state index is 8.90. The topological polar surface area (TPSA) is 42.2 Å². The van der Waals surface area contributed by atoms with Crippen LogP contribution in [0.15, 0.2) is 16.6 Å². The first-order valence-corrected chi connectivity index (χ1v) is 5.39. The molecule has 0 atom stereocenters. The molecule has 0 spiro atoms. The van der Waals surface area contributed by atoms with Crippen LogP contribution in [-0.4, -0.2) is 13.4 Å². The van der Waals surface area contributed by atoms with Crippen molar-refractivity contribution in [1.82, 2.24) is 0 Å². The Morgan fingerprint density at radius 3 is 2.80 bits per heavy atom. The first-order valence-electron chi connectivity index (χ1n) is 4.60. The van der Waals surface area contributed by atoms with E-state index < -0.39 is 0 Å². The molecule has 1 aromatic rings. The molecular formula is C11H12BrNO2. The fourth-order valence-corrected chi connectivity index (χ4v) is 1.53. The van der Waals surface area contributed by atoms with Gasteiger partial charge in [-0.15, -0.1) is 0 Å². The summed E-state index contributed by atoms with van der Waals surface area (Å²) in [5, 5.41) is 8.90. The van der Waals surface area contributed by atoms with E-state index in [0.717, 1.165) is 10.0 Å². The van der Waals surface area contributed by atoms with Gasteiger partial charge in [0.1, 0.15) is 6.07 Å². The van der Waals surface area contributed by atoms with Gasteiger partial charge in [0.15, 0.2) is 12.5 Å². The largest absolute Gasteiger partial charge is 0.465 e. The van der Waals surface area contributed by atoms with E-state index in [0.29, 0.717) is 17.9 Å². The molecule has 0 radical (unpaired) electrons. The highest BCUT2D eigenvalue weighted by Gasteiger charge is 2.10. The lowest BCUT2D eigenvalue weighted by Gasteiger charge is -2.11. The summed E-state index contributed by atoms with van der Waals surface area (Å²) >= 11 is 3.39. The molecule has 0 heterocycles. The van der Waals surface area contributed by atoms with Gasteiger partial charge in [-0.3, -0.25) is 0 Å². The van der Waals surface area contributed by atoms with Gasteiger partial charge in [0, 0.05) is 6.61 Å². The van der Waals surface area contributed by atoms with Crippen molar-refractivity contribution in [1.29, 1.82) is 5.26 Å².